The number of amides is 1. The minimum atomic E-state index is -0.423. The van der Waals surface area contributed by atoms with Gasteiger partial charge in [-0.3, -0.25) is 0 Å². The van der Waals surface area contributed by atoms with Crippen molar-refractivity contribution < 1.29 is 9.53 Å². The first-order chi connectivity index (χ1) is 10.8. The van der Waals surface area contributed by atoms with E-state index in [4.69, 9.17) is 4.74 Å². The minimum Gasteiger partial charge on any atom is -0.444 e. The van der Waals surface area contributed by atoms with E-state index in [1.165, 1.54) is 9.75 Å². The van der Waals surface area contributed by atoms with E-state index in [9.17, 15) is 4.79 Å². The number of ether oxygens (including phenoxy) is 1. The second-order valence-corrected chi connectivity index (χ2v) is 8.70. The molecule has 1 aliphatic carbocycles. The molecule has 1 aromatic rings. The van der Waals surface area contributed by atoms with E-state index in [0.717, 1.165) is 32.4 Å². The van der Waals surface area contributed by atoms with Crippen LogP contribution in [0.25, 0.3) is 0 Å². The zero-order valence-electron chi connectivity index (χ0n) is 15.0. The molecule has 0 bridgehead atoms. The summed E-state index contributed by atoms with van der Waals surface area (Å²) >= 11 is 1.84. The summed E-state index contributed by atoms with van der Waals surface area (Å²) in [7, 11) is 0. The Balaban J connectivity index is 1.73. The van der Waals surface area contributed by atoms with Crippen molar-refractivity contribution >= 4 is 17.4 Å². The Hall–Kier alpha value is -1.07. The second-order valence-electron chi connectivity index (χ2n) is 7.38. The molecule has 0 radical (unpaired) electrons. The molecular formula is C18H30N2O2S. The van der Waals surface area contributed by atoms with Gasteiger partial charge in [0.2, 0.25) is 0 Å². The number of nitrogens with one attached hydrogen (secondary N) is 1. The zero-order chi connectivity index (χ0) is 17.0. The highest BCUT2D eigenvalue weighted by Gasteiger charge is 2.34. The van der Waals surface area contributed by atoms with E-state index < -0.39 is 5.60 Å². The summed E-state index contributed by atoms with van der Waals surface area (Å²) in [4.78, 5) is 16.9. The smallest absolute Gasteiger partial charge is 0.410 e. The van der Waals surface area contributed by atoms with Crippen LogP contribution >= 0.6 is 11.3 Å². The Kier molecular flexibility index (Phi) is 6.09. The van der Waals surface area contributed by atoms with Gasteiger partial charge in [0.15, 0.2) is 0 Å². The summed E-state index contributed by atoms with van der Waals surface area (Å²) in [5.41, 5.74) is -0.423. The summed E-state index contributed by atoms with van der Waals surface area (Å²) in [5.74, 6) is 0. The topological polar surface area (TPSA) is 41.6 Å². The first kappa shape index (κ1) is 18.3. The van der Waals surface area contributed by atoms with E-state index in [2.05, 4.69) is 31.3 Å². The number of carbonyl (C=O) groups is 1. The highest BCUT2D eigenvalue weighted by Crippen LogP contribution is 2.28. The molecule has 5 heteroatoms. The van der Waals surface area contributed by atoms with Crippen molar-refractivity contribution in [2.75, 3.05) is 13.1 Å². The van der Waals surface area contributed by atoms with E-state index >= 15 is 0 Å². The number of rotatable bonds is 7. The molecule has 1 heterocycles. The van der Waals surface area contributed by atoms with Crippen molar-refractivity contribution in [1.82, 2.24) is 10.2 Å². The van der Waals surface area contributed by atoms with Crippen LogP contribution < -0.4 is 5.32 Å². The van der Waals surface area contributed by atoms with Gasteiger partial charge in [0.05, 0.1) is 0 Å². The number of aryl methyl sites for hydroxylation is 1. The van der Waals surface area contributed by atoms with Crippen molar-refractivity contribution in [3.05, 3.63) is 21.9 Å². The molecule has 1 aliphatic rings. The van der Waals surface area contributed by atoms with Crippen LogP contribution in [-0.4, -0.2) is 35.7 Å². The number of thiophene rings is 1. The lowest BCUT2D eigenvalue weighted by atomic mass is 10.2. The van der Waals surface area contributed by atoms with Gasteiger partial charge in [-0.1, -0.05) is 0 Å². The second kappa shape index (κ2) is 7.67. The van der Waals surface area contributed by atoms with Crippen LogP contribution in [0.4, 0.5) is 4.79 Å². The molecule has 0 aromatic carbocycles. The summed E-state index contributed by atoms with van der Waals surface area (Å²) in [6, 6.07) is 5.11. The molecule has 23 heavy (non-hydrogen) atoms. The molecule has 0 aliphatic heterocycles. The number of hydrogen-bond donors (Lipinski definition) is 1. The number of carbonyl (C=O) groups excluding carboxylic acids is 1. The van der Waals surface area contributed by atoms with Crippen LogP contribution in [-0.2, 0) is 4.74 Å². The maximum absolute atomic E-state index is 12.3. The van der Waals surface area contributed by atoms with Gasteiger partial charge < -0.3 is 15.0 Å². The van der Waals surface area contributed by atoms with Gasteiger partial charge in [-0.2, -0.15) is 0 Å². The van der Waals surface area contributed by atoms with Crippen LogP contribution in [0.3, 0.4) is 0 Å². The standard InChI is InChI=1S/C18H30N2O2S/c1-13-7-10-16(23-13)14(2)19-11-6-12-20(15-8-9-15)17(21)22-18(3,4)5/h7,10,14-15,19H,6,8-9,11-12H2,1-5H3. The first-order valence-electron chi connectivity index (χ1n) is 8.55. The van der Waals surface area contributed by atoms with Crippen LogP contribution in [0.5, 0.6) is 0 Å². The van der Waals surface area contributed by atoms with Crippen LogP contribution in [0, 0.1) is 6.92 Å². The number of hydrogen-bond acceptors (Lipinski definition) is 4. The fourth-order valence-electron chi connectivity index (χ4n) is 2.48. The third-order valence-corrected chi connectivity index (χ3v) is 5.01. The summed E-state index contributed by atoms with van der Waals surface area (Å²) < 4.78 is 5.52. The molecule has 2 rings (SSSR count). The van der Waals surface area contributed by atoms with Crippen LogP contribution in [0.15, 0.2) is 12.1 Å². The molecule has 1 atom stereocenters. The van der Waals surface area contributed by atoms with Crippen molar-refractivity contribution in [2.45, 2.75) is 71.6 Å². The van der Waals surface area contributed by atoms with Gasteiger partial charge in [0.1, 0.15) is 5.60 Å². The van der Waals surface area contributed by atoms with Gasteiger partial charge in [-0.05, 0) is 72.6 Å². The zero-order valence-corrected chi connectivity index (χ0v) is 15.8. The lowest BCUT2D eigenvalue weighted by Gasteiger charge is -2.27. The van der Waals surface area contributed by atoms with Crippen LogP contribution in [0.1, 0.15) is 62.8 Å². The molecule has 4 nitrogen and oxygen atoms in total. The molecule has 1 unspecified atom stereocenters. The minimum absolute atomic E-state index is 0.165. The average Bonchev–Trinajstić information content (AvgIpc) is 3.17. The van der Waals surface area contributed by atoms with Gasteiger partial charge in [0.25, 0.3) is 0 Å². The largest absolute Gasteiger partial charge is 0.444 e. The molecule has 130 valence electrons. The van der Waals surface area contributed by atoms with E-state index in [1.54, 1.807) is 0 Å². The Morgan fingerprint density at radius 2 is 2.13 bits per heavy atom. The molecule has 0 spiro atoms. The third kappa shape index (κ3) is 6.15. The van der Waals surface area contributed by atoms with E-state index in [0.29, 0.717) is 12.1 Å². The molecule has 1 N–H and O–H groups in total. The van der Waals surface area contributed by atoms with Crippen molar-refractivity contribution in [3.8, 4) is 0 Å². The maximum atomic E-state index is 12.3. The maximum Gasteiger partial charge on any atom is 0.410 e. The number of nitrogens with zero attached hydrogens (tertiary/aromatic N) is 1. The lowest BCUT2D eigenvalue weighted by Crippen LogP contribution is -2.39. The van der Waals surface area contributed by atoms with Crippen molar-refractivity contribution in [2.24, 2.45) is 0 Å². The van der Waals surface area contributed by atoms with Gasteiger partial charge in [-0.15, -0.1) is 11.3 Å². The molecule has 0 saturated heterocycles. The molecule has 1 amide bonds. The van der Waals surface area contributed by atoms with E-state index in [-0.39, 0.29) is 6.09 Å². The molecule has 1 saturated carbocycles. The Morgan fingerprint density at radius 3 is 2.65 bits per heavy atom. The highest BCUT2D eigenvalue weighted by atomic mass is 32.1. The van der Waals surface area contributed by atoms with Crippen LogP contribution in [0.2, 0.25) is 0 Å². The fraction of sp³-hybridized carbons (Fsp3) is 0.722. The third-order valence-electron chi connectivity index (χ3n) is 3.83. The summed E-state index contributed by atoms with van der Waals surface area (Å²) in [6.07, 6.45) is 3.00. The molecular weight excluding hydrogens is 308 g/mol. The first-order valence-corrected chi connectivity index (χ1v) is 9.37. The Bertz CT molecular complexity index is 517. The summed E-state index contributed by atoms with van der Waals surface area (Å²) in [6.45, 7) is 11.8. The Labute approximate surface area is 144 Å². The molecule has 1 aromatic heterocycles. The fourth-order valence-corrected chi connectivity index (χ4v) is 3.39. The Morgan fingerprint density at radius 1 is 1.43 bits per heavy atom. The SMILES string of the molecule is Cc1ccc(C(C)NCCCN(C(=O)OC(C)(C)C)C2CC2)s1. The predicted molar refractivity (Wildman–Crippen MR) is 96.1 cm³/mol. The van der Waals surface area contributed by atoms with Gasteiger partial charge in [-0.25, -0.2) is 4.79 Å². The van der Waals surface area contributed by atoms with Gasteiger partial charge in [0, 0.05) is 28.4 Å². The normalized spacial score (nSPS) is 16.2. The van der Waals surface area contributed by atoms with Crippen molar-refractivity contribution in [3.63, 3.8) is 0 Å². The van der Waals surface area contributed by atoms with Gasteiger partial charge >= 0.3 is 6.09 Å². The quantitative estimate of drug-likeness (QED) is 0.744. The molecule has 1 fully saturated rings. The van der Waals surface area contributed by atoms with E-state index in [1.807, 2.05) is 37.0 Å². The predicted octanol–water partition coefficient (Wildman–Crippen LogP) is 4.50. The highest BCUT2D eigenvalue weighted by molar-refractivity contribution is 7.12. The lowest BCUT2D eigenvalue weighted by molar-refractivity contribution is 0.0232. The monoisotopic (exact) mass is 338 g/mol. The average molecular weight is 339 g/mol. The van der Waals surface area contributed by atoms with Crippen molar-refractivity contribution in [1.29, 1.82) is 0 Å². The summed E-state index contributed by atoms with van der Waals surface area (Å²) in [5, 5.41) is 3.55.